The van der Waals surface area contributed by atoms with Gasteiger partial charge in [0.15, 0.2) is 0 Å². The quantitative estimate of drug-likeness (QED) is 0.0610. The largest absolute Gasteiger partial charge is 0.519 e. The van der Waals surface area contributed by atoms with E-state index in [9.17, 15) is 14.7 Å². The molecule has 0 aliphatic rings. The summed E-state index contributed by atoms with van der Waals surface area (Å²) in [7, 11) is 0. The molecular formula is C43H44O7. The van der Waals surface area contributed by atoms with E-state index < -0.39 is 17.9 Å². The number of ether oxygens (including phenoxy) is 4. The lowest BCUT2D eigenvalue weighted by Crippen LogP contribution is -2.34. The van der Waals surface area contributed by atoms with Gasteiger partial charge >= 0.3 is 12.1 Å². The lowest BCUT2D eigenvalue weighted by molar-refractivity contribution is -0.141. The number of hydrogen-bond donors (Lipinski definition) is 1. The second kappa shape index (κ2) is 15.0. The maximum absolute atomic E-state index is 12.7. The smallest absolute Gasteiger partial charge is 0.463 e. The standard InChI is InChI=1S/C43H44O7/c1-7-43(46,8-2)50-38-28-20-34(21-29-38)42(5,6)33-18-26-37(27-19-33)49-40(45)48-36-24-16-32(17-25-36)41(3,4)31-14-22-35(23-15-31)47-39(44)30-12-10-9-11-13-30/h9-29,46H,7-8H2,1-6H3. The molecule has 5 rings (SSSR count). The average molecular weight is 673 g/mol. The highest BCUT2D eigenvalue weighted by molar-refractivity contribution is 5.90. The van der Waals surface area contributed by atoms with Crippen molar-refractivity contribution in [3.63, 3.8) is 0 Å². The minimum Gasteiger partial charge on any atom is -0.463 e. The number of carbonyl (C=O) groups excluding carboxylic acids is 2. The molecule has 7 nitrogen and oxygen atoms in total. The van der Waals surface area contributed by atoms with Gasteiger partial charge in [-0.1, -0.05) is 108 Å². The second-order valence-electron chi connectivity index (χ2n) is 13.3. The zero-order valence-electron chi connectivity index (χ0n) is 29.4. The number of esters is 1. The van der Waals surface area contributed by atoms with Gasteiger partial charge in [0.05, 0.1) is 5.56 Å². The van der Waals surface area contributed by atoms with Crippen molar-refractivity contribution in [3.05, 3.63) is 155 Å². The summed E-state index contributed by atoms with van der Waals surface area (Å²) in [5, 5.41) is 10.5. The summed E-state index contributed by atoms with van der Waals surface area (Å²) in [5.74, 6) is 0.232. The zero-order valence-corrected chi connectivity index (χ0v) is 29.4. The fraction of sp³-hybridized carbons (Fsp3) is 0.256. The van der Waals surface area contributed by atoms with Crippen LogP contribution in [0.15, 0.2) is 127 Å². The third-order valence-corrected chi connectivity index (χ3v) is 9.34. The van der Waals surface area contributed by atoms with E-state index >= 15 is 0 Å². The van der Waals surface area contributed by atoms with Gasteiger partial charge in [-0.3, -0.25) is 0 Å². The lowest BCUT2D eigenvalue weighted by Gasteiger charge is -2.28. The van der Waals surface area contributed by atoms with Crippen molar-refractivity contribution in [1.82, 2.24) is 0 Å². The van der Waals surface area contributed by atoms with Gasteiger partial charge in [-0.25, -0.2) is 9.59 Å². The Bertz CT molecular complexity index is 1870. The molecule has 0 amide bonds. The predicted octanol–water partition coefficient (Wildman–Crippen LogP) is 10.0. The Morgan fingerprint density at radius 1 is 0.500 bits per heavy atom. The summed E-state index contributed by atoms with van der Waals surface area (Å²) in [4.78, 5) is 25.1. The SMILES string of the molecule is CCC(O)(CC)Oc1ccc(C(C)(C)c2ccc(OC(=O)Oc3ccc(C(C)(C)c4ccc(OC(=O)c5ccccc5)cc4)cc3)cc2)cc1. The molecule has 0 radical (unpaired) electrons. The van der Waals surface area contributed by atoms with Gasteiger partial charge in [-0.2, -0.15) is 0 Å². The molecule has 0 saturated carbocycles. The van der Waals surface area contributed by atoms with Crippen LogP contribution in [-0.2, 0) is 10.8 Å². The number of aliphatic hydroxyl groups is 1. The van der Waals surface area contributed by atoms with E-state index in [-0.39, 0.29) is 10.8 Å². The molecule has 0 bridgehead atoms. The van der Waals surface area contributed by atoms with Crippen LogP contribution in [0.4, 0.5) is 4.79 Å². The topological polar surface area (TPSA) is 91.3 Å². The molecule has 0 saturated heterocycles. The number of carbonyl (C=O) groups is 2. The number of benzene rings is 5. The number of rotatable bonds is 12. The maximum atomic E-state index is 12.7. The Labute approximate surface area is 294 Å². The van der Waals surface area contributed by atoms with Gasteiger partial charge in [0.1, 0.15) is 23.0 Å². The minimum atomic E-state index is -1.17. The highest BCUT2D eigenvalue weighted by Gasteiger charge is 2.27. The van der Waals surface area contributed by atoms with Crippen LogP contribution in [0.1, 0.15) is 87.0 Å². The van der Waals surface area contributed by atoms with Gasteiger partial charge in [0, 0.05) is 23.7 Å². The monoisotopic (exact) mass is 672 g/mol. The van der Waals surface area contributed by atoms with Crippen molar-refractivity contribution in [2.75, 3.05) is 0 Å². The molecule has 0 atom stereocenters. The second-order valence-corrected chi connectivity index (χ2v) is 13.3. The first-order chi connectivity index (χ1) is 23.8. The molecule has 5 aromatic rings. The summed E-state index contributed by atoms with van der Waals surface area (Å²) in [6.07, 6.45) is 0.163. The fourth-order valence-corrected chi connectivity index (χ4v) is 5.66. The third-order valence-electron chi connectivity index (χ3n) is 9.34. The molecule has 7 heteroatoms. The van der Waals surface area contributed by atoms with Crippen LogP contribution in [0.25, 0.3) is 0 Å². The molecule has 0 heterocycles. The summed E-state index contributed by atoms with van der Waals surface area (Å²) < 4.78 is 22.3. The van der Waals surface area contributed by atoms with Gasteiger partial charge in [0.2, 0.25) is 5.79 Å². The first-order valence-corrected chi connectivity index (χ1v) is 16.8. The van der Waals surface area contributed by atoms with Crippen molar-refractivity contribution in [2.45, 2.75) is 71.0 Å². The van der Waals surface area contributed by atoms with Gasteiger partial charge in [0.25, 0.3) is 0 Å². The van der Waals surface area contributed by atoms with Crippen LogP contribution in [0.3, 0.4) is 0 Å². The Kier molecular flexibility index (Phi) is 10.8. The molecule has 5 aromatic carbocycles. The van der Waals surface area contributed by atoms with Crippen LogP contribution in [0.2, 0.25) is 0 Å². The molecule has 50 heavy (non-hydrogen) atoms. The van der Waals surface area contributed by atoms with Crippen LogP contribution in [-0.4, -0.2) is 23.0 Å². The third kappa shape index (κ3) is 8.41. The first-order valence-electron chi connectivity index (χ1n) is 16.8. The van der Waals surface area contributed by atoms with E-state index in [0.717, 1.165) is 22.3 Å². The van der Waals surface area contributed by atoms with Crippen LogP contribution >= 0.6 is 0 Å². The summed E-state index contributed by atoms with van der Waals surface area (Å²) in [6, 6.07) is 38.7. The van der Waals surface area contributed by atoms with E-state index in [1.54, 1.807) is 60.7 Å². The van der Waals surface area contributed by atoms with Crippen molar-refractivity contribution < 1.29 is 33.6 Å². The zero-order chi connectivity index (χ0) is 35.9. The van der Waals surface area contributed by atoms with E-state index in [0.29, 0.717) is 41.4 Å². The predicted molar refractivity (Wildman–Crippen MR) is 194 cm³/mol. The van der Waals surface area contributed by atoms with Gasteiger partial charge in [-0.05, 0) is 82.9 Å². The Morgan fingerprint density at radius 3 is 1.20 bits per heavy atom. The van der Waals surface area contributed by atoms with Crippen molar-refractivity contribution in [3.8, 4) is 23.0 Å². The van der Waals surface area contributed by atoms with Crippen molar-refractivity contribution in [2.24, 2.45) is 0 Å². The highest BCUT2D eigenvalue weighted by Crippen LogP contribution is 2.35. The molecule has 258 valence electrons. The molecular weight excluding hydrogens is 628 g/mol. The average Bonchev–Trinajstić information content (AvgIpc) is 3.13. The van der Waals surface area contributed by atoms with E-state index in [2.05, 4.69) is 27.7 Å². The first kappa shape index (κ1) is 35.9. The van der Waals surface area contributed by atoms with Crippen LogP contribution in [0.5, 0.6) is 23.0 Å². The molecule has 0 aliphatic heterocycles. The van der Waals surface area contributed by atoms with Crippen molar-refractivity contribution in [1.29, 1.82) is 0 Å². The van der Waals surface area contributed by atoms with E-state index in [4.69, 9.17) is 18.9 Å². The fourth-order valence-electron chi connectivity index (χ4n) is 5.66. The molecule has 0 unspecified atom stereocenters. The highest BCUT2D eigenvalue weighted by atomic mass is 16.7. The van der Waals surface area contributed by atoms with Crippen LogP contribution in [0, 0.1) is 0 Å². The van der Waals surface area contributed by atoms with E-state index in [1.165, 1.54) is 0 Å². The van der Waals surface area contributed by atoms with Gasteiger partial charge < -0.3 is 24.1 Å². The Balaban J connectivity index is 1.16. The molecule has 0 aromatic heterocycles. The van der Waals surface area contributed by atoms with Crippen molar-refractivity contribution >= 4 is 12.1 Å². The normalized spacial score (nSPS) is 11.8. The van der Waals surface area contributed by atoms with E-state index in [1.807, 2.05) is 80.6 Å². The number of hydrogen-bond acceptors (Lipinski definition) is 7. The summed E-state index contributed by atoms with van der Waals surface area (Å²) in [5.41, 5.74) is 3.92. The van der Waals surface area contributed by atoms with Crippen LogP contribution < -0.4 is 18.9 Å². The molecule has 0 aliphatic carbocycles. The molecule has 0 spiro atoms. The van der Waals surface area contributed by atoms with Gasteiger partial charge in [-0.15, -0.1) is 0 Å². The minimum absolute atomic E-state index is 0.337. The molecule has 0 fully saturated rings. The maximum Gasteiger partial charge on any atom is 0.519 e. The summed E-state index contributed by atoms with van der Waals surface area (Å²) >= 11 is 0. The molecule has 1 N–H and O–H groups in total. The Morgan fingerprint density at radius 2 is 0.840 bits per heavy atom. The Hall–Kier alpha value is -5.40. The summed E-state index contributed by atoms with van der Waals surface area (Å²) in [6.45, 7) is 12.2. The lowest BCUT2D eigenvalue weighted by atomic mass is 9.78.